The van der Waals surface area contributed by atoms with Crippen LogP contribution in [0, 0.1) is 0 Å². The summed E-state index contributed by atoms with van der Waals surface area (Å²) in [5.41, 5.74) is 8.01. The van der Waals surface area contributed by atoms with Crippen molar-refractivity contribution >= 4 is 54.6 Å². The Hall–Kier alpha value is -6.59. The quantitative estimate of drug-likeness (QED) is 0.197. The van der Waals surface area contributed by atoms with Crippen LogP contribution in [0.15, 0.2) is 160 Å². The molecular weight excluding hydrogens is 590 g/mol. The molecule has 3 aromatic heterocycles. The zero-order valence-corrected chi connectivity index (χ0v) is 25.6. The smallest absolute Gasteiger partial charge is 0.164 e. The van der Waals surface area contributed by atoms with Gasteiger partial charge in [-0.25, -0.2) is 15.0 Å². The Bertz CT molecular complexity index is 2780. The minimum Gasteiger partial charge on any atom is -0.456 e. The number of hydrogen-bond acceptors (Lipinski definition) is 5. The molecule has 0 saturated carbocycles. The number of rotatable bonds is 4. The van der Waals surface area contributed by atoms with Crippen LogP contribution in [-0.4, -0.2) is 15.0 Å². The standard InChI is InChI=1S/C43H25N3O2/c1-3-11-26(12-4-1)41-44-42(27-13-5-2-6-14-27)46-43(45-41)34-22-21-31(40-39(34)33-17-9-10-18-36(33)48-40)30-19-20-32-35-23-28-15-7-8-16-29(28)24-38(35)47-37(32)25-30/h1-25H. The topological polar surface area (TPSA) is 65.0 Å². The number of para-hydroxylation sites is 1. The van der Waals surface area contributed by atoms with E-state index in [0.29, 0.717) is 17.5 Å². The third-order valence-electron chi connectivity index (χ3n) is 9.12. The maximum absolute atomic E-state index is 6.65. The fourth-order valence-corrected chi connectivity index (χ4v) is 6.80. The minimum absolute atomic E-state index is 0.589. The van der Waals surface area contributed by atoms with Crippen molar-refractivity contribution in [2.45, 2.75) is 0 Å². The largest absolute Gasteiger partial charge is 0.456 e. The molecule has 0 bridgehead atoms. The second-order valence-corrected chi connectivity index (χ2v) is 12.0. The van der Waals surface area contributed by atoms with Crippen molar-refractivity contribution in [2.24, 2.45) is 0 Å². The van der Waals surface area contributed by atoms with Gasteiger partial charge in [0, 0.05) is 43.8 Å². The van der Waals surface area contributed by atoms with Gasteiger partial charge >= 0.3 is 0 Å². The predicted molar refractivity (Wildman–Crippen MR) is 194 cm³/mol. The second kappa shape index (κ2) is 10.5. The lowest BCUT2D eigenvalue weighted by Crippen LogP contribution is -2.00. The molecule has 0 N–H and O–H groups in total. The minimum atomic E-state index is 0.589. The lowest BCUT2D eigenvalue weighted by atomic mass is 9.97. The highest BCUT2D eigenvalue weighted by atomic mass is 16.3. The zero-order chi connectivity index (χ0) is 31.6. The molecule has 0 saturated heterocycles. The first-order valence-electron chi connectivity index (χ1n) is 15.9. The van der Waals surface area contributed by atoms with E-state index in [9.17, 15) is 0 Å². The highest BCUT2D eigenvalue weighted by Crippen LogP contribution is 2.43. The van der Waals surface area contributed by atoms with Crippen LogP contribution >= 0.6 is 0 Å². The summed E-state index contributed by atoms with van der Waals surface area (Å²) in [7, 11) is 0. The predicted octanol–water partition coefficient (Wildman–Crippen LogP) is 11.5. The summed E-state index contributed by atoms with van der Waals surface area (Å²) in [5.74, 6) is 1.82. The summed E-state index contributed by atoms with van der Waals surface area (Å²) < 4.78 is 13.1. The van der Waals surface area contributed by atoms with Crippen molar-refractivity contribution in [1.29, 1.82) is 0 Å². The number of nitrogens with zero attached hydrogens (tertiary/aromatic N) is 3. The normalized spacial score (nSPS) is 11.8. The molecule has 0 atom stereocenters. The van der Waals surface area contributed by atoms with Crippen molar-refractivity contribution in [3.8, 4) is 45.3 Å². The molecular formula is C43H25N3O2. The van der Waals surface area contributed by atoms with Gasteiger partial charge in [-0.15, -0.1) is 0 Å². The van der Waals surface area contributed by atoms with Crippen LogP contribution < -0.4 is 0 Å². The van der Waals surface area contributed by atoms with Crippen LogP contribution in [0.5, 0.6) is 0 Å². The summed E-state index contributed by atoms with van der Waals surface area (Å²) in [6.45, 7) is 0. The summed E-state index contributed by atoms with van der Waals surface area (Å²) in [6.07, 6.45) is 0. The molecule has 0 unspecified atom stereocenters. The molecule has 0 amide bonds. The van der Waals surface area contributed by atoms with E-state index in [1.165, 1.54) is 5.39 Å². The first-order chi connectivity index (χ1) is 23.8. The Morgan fingerprint density at radius 1 is 0.354 bits per heavy atom. The van der Waals surface area contributed by atoms with Gasteiger partial charge in [0.15, 0.2) is 17.5 Å². The molecule has 0 fully saturated rings. The summed E-state index contributed by atoms with van der Waals surface area (Å²) in [4.78, 5) is 15.0. The van der Waals surface area contributed by atoms with Crippen LogP contribution in [0.25, 0.3) is 99.9 Å². The van der Waals surface area contributed by atoms with Crippen molar-refractivity contribution in [3.63, 3.8) is 0 Å². The fourth-order valence-electron chi connectivity index (χ4n) is 6.80. The van der Waals surface area contributed by atoms with E-state index in [4.69, 9.17) is 23.8 Å². The maximum Gasteiger partial charge on any atom is 0.164 e. The summed E-state index contributed by atoms with van der Waals surface area (Å²) in [6, 6.07) is 51.6. The lowest BCUT2D eigenvalue weighted by Gasteiger charge is -2.11. The van der Waals surface area contributed by atoms with Gasteiger partial charge in [0.05, 0.1) is 0 Å². The number of benzene rings is 7. The maximum atomic E-state index is 6.65. The van der Waals surface area contributed by atoms with Crippen LogP contribution in [-0.2, 0) is 0 Å². The van der Waals surface area contributed by atoms with E-state index in [1.54, 1.807) is 0 Å². The molecule has 5 heteroatoms. The Labute approximate surface area is 274 Å². The number of fused-ring (bicyclic) bond motifs is 7. The summed E-state index contributed by atoms with van der Waals surface area (Å²) >= 11 is 0. The second-order valence-electron chi connectivity index (χ2n) is 12.0. The van der Waals surface area contributed by atoms with Gasteiger partial charge in [0.25, 0.3) is 0 Å². The Balaban J connectivity index is 1.20. The highest BCUT2D eigenvalue weighted by Gasteiger charge is 2.21. The third-order valence-corrected chi connectivity index (χ3v) is 9.12. The molecule has 5 nitrogen and oxygen atoms in total. The molecule has 10 rings (SSSR count). The van der Waals surface area contributed by atoms with E-state index in [2.05, 4.69) is 72.8 Å². The van der Waals surface area contributed by atoms with E-state index in [0.717, 1.165) is 77.1 Å². The van der Waals surface area contributed by atoms with Gasteiger partial charge in [-0.2, -0.15) is 0 Å². The van der Waals surface area contributed by atoms with Crippen LogP contribution in [0.4, 0.5) is 0 Å². The van der Waals surface area contributed by atoms with Gasteiger partial charge in [-0.3, -0.25) is 0 Å². The lowest BCUT2D eigenvalue weighted by molar-refractivity contribution is 0.668. The SMILES string of the molecule is c1ccc(-c2nc(-c3ccccc3)nc(-c3ccc(-c4ccc5c(c4)oc4cc6ccccc6cc45)c4oc5ccccc5c34)n2)cc1. The molecule has 224 valence electrons. The molecule has 7 aromatic carbocycles. The number of furan rings is 2. The average Bonchev–Trinajstić information content (AvgIpc) is 3.72. The molecule has 10 aromatic rings. The summed E-state index contributed by atoms with van der Waals surface area (Å²) in [5, 5.41) is 6.52. The van der Waals surface area contributed by atoms with Crippen molar-refractivity contribution < 1.29 is 8.83 Å². The first-order valence-corrected chi connectivity index (χ1v) is 15.9. The molecule has 3 heterocycles. The third kappa shape index (κ3) is 4.22. The van der Waals surface area contributed by atoms with Gasteiger partial charge in [-0.05, 0) is 58.8 Å². The Kier molecular flexibility index (Phi) is 5.81. The van der Waals surface area contributed by atoms with Gasteiger partial charge < -0.3 is 8.83 Å². The van der Waals surface area contributed by atoms with E-state index in [-0.39, 0.29) is 0 Å². The van der Waals surface area contributed by atoms with Gasteiger partial charge in [0.1, 0.15) is 22.3 Å². The monoisotopic (exact) mass is 615 g/mol. The Morgan fingerprint density at radius 2 is 0.958 bits per heavy atom. The van der Waals surface area contributed by atoms with E-state index in [1.807, 2.05) is 78.9 Å². The van der Waals surface area contributed by atoms with Gasteiger partial charge in [0.2, 0.25) is 0 Å². The first kappa shape index (κ1) is 26.6. The van der Waals surface area contributed by atoms with Gasteiger partial charge in [-0.1, -0.05) is 109 Å². The van der Waals surface area contributed by atoms with E-state index >= 15 is 0 Å². The van der Waals surface area contributed by atoms with Crippen LogP contribution in [0.1, 0.15) is 0 Å². The molecule has 48 heavy (non-hydrogen) atoms. The number of hydrogen-bond donors (Lipinski definition) is 0. The molecule has 0 spiro atoms. The average molecular weight is 616 g/mol. The van der Waals surface area contributed by atoms with Crippen molar-refractivity contribution in [3.05, 3.63) is 152 Å². The Morgan fingerprint density at radius 3 is 1.71 bits per heavy atom. The molecule has 0 aliphatic rings. The van der Waals surface area contributed by atoms with Crippen LogP contribution in [0.2, 0.25) is 0 Å². The van der Waals surface area contributed by atoms with Crippen LogP contribution in [0.3, 0.4) is 0 Å². The zero-order valence-electron chi connectivity index (χ0n) is 25.6. The molecule has 0 aliphatic carbocycles. The fraction of sp³-hybridized carbons (Fsp3) is 0. The molecule has 0 radical (unpaired) electrons. The van der Waals surface area contributed by atoms with E-state index < -0.39 is 0 Å². The highest BCUT2D eigenvalue weighted by molar-refractivity contribution is 6.16. The van der Waals surface area contributed by atoms with Crippen molar-refractivity contribution in [1.82, 2.24) is 15.0 Å². The number of aromatic nitrogens is 3. The van der Waals surface area contributed by atoms with Crippen molar-refractivity contribution in [2.75, 3.05) is 0 Å². The molecule has 0 aliphatic heterocycles.